The van der Waals surface area contributed by atoms with E-state index in [1.807, 2.05) is 0 Å². The Morgan fingerprint density at radius 1 is 1.47 bits per heavy atom. The third kappa shape index (κ3) is 2.54. The number of carbonyl (C=O) groups excluding carboxylic acids is 1. The first-order valence-electron chi connectivity index (χ1n) is 5.28. The maximum absolute atomic E-state index is 12.3. The number of piperidine rings is 1. The van der Waals surface area contributed by atoms with Crippen molar-refractivity contribution >= 4 is 38.2 Å². The average Bonchev–Trinajstić information content (AvgIpc) is 2.83. The minimum Gasteiger partial charge on any atom is -0.279 e. The SMILES string of the molecule is O=C(Cl)[C@@H]1CCCCN1S(=O)(=O)c1cccs1. The standard InChI is InChI=1S/C10H12ClNO3S2/c11-10(13)8-4-1-2-6-12(8)17(14,15)9-5-3-7-16-9/h3,5,7-8H,1-2,4,6H2/t8-/m0/s1. The molecule has 0 spiro atoms. The zero-order chi connectivity index (χ0) is 12.5. The van der Waals surface area contributed by atoms with E-state index < -0.39 is 21.3 Å². The summed E-state index contributed by atoms with van der Waals surface area (Å²) >= 11 is 6.63. The second kappa shape index (κ2) is 5.06. The van der Waals surface area contributed by atoms with Crippen molar-refractivity contribution in [3.8, 4) is 0 Å². The van der Waals surface area contributed by atoms with Crippen molar-refractivity contribution in [2.75, 3.05) is 6.54 Å². The molecule has 0 unspecified atom stereocenters. The van der Waals surface area contributed by atoms with Gasteiger partial charge in [0.2, 0.25) is 5.24 Å². The molecule has 7 heteroatoms. The second-order valence-corrected chi connectivity index (χ2v) is 7.30. The highest BCUT2D eigenvalue weighted by atomic mass is 35.5. The Bertz CT molecular complexity index is 498. The minimum absolute atomic E-state index is 0.266. The predicted molar refractivity (Wildman–Crippen MR) is 66.7 cm³/mol. The molecule has 1 aromatic rings. The number of carbonyl (C=O) groups is 1. The van der Waals surface area contributed by atoms with Crippen molar-refractivity contribution in [1.29, 1.82) is 0 Å². The Morgan fingerprint density at radius 3 is 2.82 bits per heavy atom. The number of halogens is 1. The topological polar surface area (TPSA) is 54.5 Å². The summed E-state index contributed by atoms with van der Waals surface area (Å²) in [5.41, 5.74) is 0. The van der Waals surface area contributed by atoms with Crippen molar-refractivity contribution in [3.05, 3.63) is 17.5 Å². The molecule has 1 aliphatic heterocycles. The molecular weight excluding hydrogens is 282 g/mol. The largest absolute Gasteiger partial charge is 0.279 e. The fourth-order valence-corrected chi connectivity index (χ4v) is 5.01. The van der Waals surface area contributed by atoms with Gasteiger partial charge in [-0.15, -0.1) is 11.3 Å². The average molecular weight is 294 g/mol. The highest BCUT2D eigenvalue weighted by Gasteiger charge is 2.37. The molecule has 4 nitrogen and oxygen atoms in total. The Morgan fingerprint density at radius 2 is 2.24 bits per heavy atom. The Kier molecular flexibility index (Phi) is 3.87. The maximum atomic E-state index is 12.3. The summed E-state index contributed by atoms with van der Waals surface area (Å²) in [6.07, 6.45) is 2.11. The molecule has 1 saturated heterocycles. The molecule has 1 aliphatic rings. The first kappa shape index (κ1) is 13.0. The van der Waals surface area contributed by atoms with Crippen LogP contribution in [0.25, 0.3) is 0 Å². The van der Waals surface area contributed by atoms with Crippen LogP contribution in [0.1, 0.15) is 19.3 Å². The predicted octanol–water partition coefficient (Wildman–Crippen LogP) is 2.06. The van der Waals surface area contributed by atoms with E-state index in [1.165, 1.54) is 4.31 Å². The van der Waals surface area contributed by atoms with Gasteiger partial charge in [-0.05, 0) is 35.9 Å². The normalized spacial score (nSPS) is 22.5. The number of hydrogen-bond donors (Lipinski definition) is 0. The van der Waals surface area contributed by atoms with Crippen molar-refractivity contribution < 1.29 is 13.2 Å². The molecule has 94 valence electrons. The third-order valence-corrected chi connectivity index (χ3v) is 6.31. The fourth-order valence-electron chi connectivity index (χ4n) is 1.95. The number of nitrogens with zero attached hydrogens (tertiary/aromatic N) is 1. The third-order valence-electron chi connectivity index (χ3n) is 2.77. The van der Waals surface area contributed by atoms with Crippen LogP contribution in [-0.4, -0.2) is 30.6 Å². The van der Waals surface area contributed by atoms with E-state index in [1.54, 1.807) is 17.5 Å². The van der Waals surface area contributed by atoms with Crippen LogP contribution in [0.5, 0.6) is 0 Å². The molecule has 1 fully saturated rings. The van der Waals surface area contributed by atoms with Gasteiger partial charge in [-0.1, -0.05) is 12.5 Å². The quantitative estimate of drug-likeness (QED) is 0.802. The minimum atomic E-state index is -3.57. The van der Waals surface area contributed by atoms with Gasteiger partial charge < -0.3 is 0 Å². The Balaban J connectivity index is 2.34. The van der Waals surface area contributed by atoms with Crippen molar-refractivity contribution in [1.82, 2.24) is 4.31 Å². The van der Waals surface area contributed by atoms with E-state index >= 15 is 0 Å². The molecule has 0 N–H and O–H groups in total. The van der Waals surface area contributed by atoms with E-state index in [-0.39, 0.29) is 4.21 Å². The van der Waals surface area contributed by atoms with E-state index in [9.17, 15) is 13.2 Å². The molecule has 2 rings (SSSR count). The maximum Gasteiger partial charge on any atom is 0.253 e. The van der Waals surface area contributed by atoms with E-state index in [0.717, 1.165) is 24.2 Å². The zero-order valence-electron chi connectivity index (χ0n) is 9.00. The second-order valence-electron chi connectivity index (χ2n) is 3.86. The first-order chi connectivity index (χ1) is 8.03. The summed E-state index contributed by atoms with van der Waals surface area (Å²) < 4.78 is 26.1. The van der Waals surface area contributed by atoms with Gasteiger partial charge in [-0.25, -0.2) is 8.42 Å². The van der Waals surface area contributed by atoms with Crippen LogP contribution in [0.4, 0.5) is 0 Å². The van der Waals surface area contributed by atoms with Gasteiger partial charge in [0.1, 0.15) is 4.21 Å². The summed E-state index contributed by atoms with van der Waals surface area (Å²) in [6.45, 7) is 0.364. The molecule has 2 heterocycles. The van der Waals surface area contributed by atoms with E-state index in [4.69, 9.17) is 11.6 Å². The highest BCUT2D eigenvalue weighted by Crippen LogP contribution is 2.28. The molecule has 0 bridgehead atoms. The number of sulfonamides is 1. The molecule has 17 heavy (non-hydrogen) atoms. The zero-order valence-corrected chi connectivity index (χ0v) is 11.4. The van der Waals surface area contributed by atoms with Crippen LogP contribution in [-0.2, 0) is 14.8 Å². The lowest BCUT2D eigenvalue weighted by atomic mass is 10.1. The molecule has 0 aliphatic carbocycles. The van der Waals surface area contributed by atoms with Gasteiger partial charge in [0.05, 0.1) is 6.04 Å². The molecule has 0 saturated carbocycles. The van der Waals surface area contributed by atoms with Gasteiger partial charge in [0.25, 0.3) is 10.0 Å². The fraction of sp³-hybridized carbons (Fsp3) is 0.500. The van der Waals surface area contributed by atoms with Gasteiger partial charge in [-0.3, -0.25) is 4.79 Å². The lowest BCUT2D eigenvalue weighted by Crippen LogP contribution is -2.46. The van der Waals surface area contributed by atoms with Crippen LogP contribution >= 0.6 is 22.9 Å². The summed E-state index contributed by atoms with van der Waals surface area (Å²) in [4.78, 5) is 11.3. The number of thiophene rings is 1. The summed E-state index contributed by atoms with van der Waals surface area (Å²) in [5, 5.41) is 1.11. The van der Waals surface area contributed by atoms with E-state index in [2.05, 4.69) is 0 Å². The van der Waals surface area contributed by atoms with Crippen molar-refractivity contribution in [2.45, 2.75) is 29.5 Å². The van der Waals surface area contributed by atoms with Crippen molar-refractivity contribution in [2.24, 2.45) is 0 Å². The molecule has 0 amide bonds. The van der Waals surface area contributed by atoms with Gasteiger partial charge in [0, 0.05) is 6.54 Å². The van der Waals surface area contributed by atoms with Crippen LogP contribution < -0.4 is 0 Å². The van der Waals surface area contributed by atoms with Crippen LogP contribution in [0.3, 0.4) is 0 Å². The van der Waals surface area contributed by atoms with Crippen LogP contribution in [0.2, 0.25) is 0 Å². The molecule has 1 aromatic heterocycles. The Labute approximate surface area is 109 Å². The molecule has 0 radical (unpaired) electrons. The van der Waals surface area contributed by atoms with Gasteiger partial charge in [0.15, 0.2) is 0 Å². The number of rotatable bonds is 3. The van der Waals surface area contributed by atoms with Crippen molar-refractivity contribution in [3.63, 3.8) is 0 Å². The Hall–Kier alpha value is -0.430. The molecular formula is C10H12ClNO3S2. The highest BCUT2D eigenvalue weighted by molar-refractivity contribution is 7.91. The van der Waals surface area contributed by atoms with Crippen LogP contribution in [0, 0.1) is 0 Å². The number of hydrogen-bond acceptors (Lipinski definition) is 4. The molecule has 1 atom stereocenters. The lowest BCUT2D eigenvalue weighted by molar-refractivity contribution is -0.115. The summed E-state index contributed by atoms with van der Waals surface area (Å²) in [5.74, 6) is 0. The molecule has 0 aromatic carbocycles. The van der Waals surface area contributed by atoms with Gasteiger partial charge >= 0.3 is 0 Å². The smallest absolute Gasteiger partial charge is 0.253 e. The van der Waals surface area contributed by atoms with E-state index in [0.29, 0.717) is 13.0 Å². The first-order valence-corrected chi connectivity index (χ1v) is 7.98. The lowest BCUT2D eigenvalue weighted by Gasteiger charge is -2.31. The van der Waals surface area contributed by atoms with Gasteiger partial charge in [-0.2, -0.15) is 4.31 Å². The van der Waals surface area contributed by atoms with Crippen LogP contribution in [0.15, 0.2) is 21.7 Å². The summed E-state index contributed by atoms with van der Waals surface area (Å²) in [6, 6.07) is 2.51. The summed E-state index contributed by atoms with van der Waals surface area (Å²) in [7, 11) is -3.57. The monoisotopic (exact) mass is 293 g/mol.